The Kier molecular flexibility index (Phi) is 4.26. The summed E-state index contributed by atoms with van der Waals surface area (Å²) in [7, 11) is 0. The Balaban J connectivity index is 2.02. The summed E-state index contributed by atoms with van der Waals surface area (Å²) in [6.07, 6.45) is 2.15. The summed E-state index contributed by atoms with van der Waals surface area (Å²) >= 11 is 5.20. The largest absolute Gasteiger partial charge is 0.393 e. The van der Waals surface area contributed by atoms with Crippen molar-refractivity contribution < 1.29 is 0 Å². The van der Waals surface area contributed by atoms with Crippen LogP contribution < -0.4 is 5.73 Å². The average molecular weight is 276 g/mol. The molecule has 2 N–H and O–H groups in total. The number of likely N-dealkylation sites (tertiary alicyclic amines) is 1. The predicted molar refractivity (Wildman–Crippen MR) is 85.3 cm³/mol. The number of thiocarbonyl (C=S) groups is 1. The third-order valence-electron chi connectivity index (χ3n) is 4.58. The number of hydrogen-bond donors (Lipinski definition) is 1. The molecule has 1 aliphatic rings. The van der Waals surface area contributed by atoms with Crippen molar-refractivity contribution in [3.63, 3.8) is 0 Å². The van der Waals surface area contributed by atoms with E-state index in [4.69, 9.17) is 18.0 Å². The highest BCUT2D eigenvalue weighted by Gasteiger charge is 2.32. The highest BCUT2D eigenvalue weighted by molar-refractivity contribution is 7.80. The van der Waals surface area contributed by atoms with Crippen LogP contribution in [0.25, 0.3) is 0 Å². The number of rotatable bonds is 3. The monoisotopic (exact) mass is 276 g/mol. The Morgan fingerprint density at radius 3 is 2.26 bits per heavy atom. The molecule has 19 heavy (non-hydrogen) atoms. The van der Waals surface area contributed by atoms with Crippen LogP contribution in [0.3, 0.4) is 0 Å². The van der Waals surface area contributed by atoms with Crippen LogP contribution in [-0.4, -0.2) is 23.0 Å². The molecule has 2 nitrogen and oxygen atoms in total. The number of piperidine rings is 1. The summed E-state index contributed by atoms with van der Waals surface area (Å²) in [5, 5.41) is 0. The number of nitrogens with two attached hydrogens (primary N) is 1. The fourth-order valence-corrected chi connectivity index (χ4v) is 2.98. The van der Waals surface area contributed by atoms with Gasteiger partial charge in [-0.25, -0.2) is 0 Å². The molecule has 0 spiro atoms. The maximum atomic E-state index is 5.86. The van der Waals surface area contributed by atoms with Crippen LogP contribution in [0, 0.1) is 19.3 Å². The Labute approximate surface area is 122 Å². The fourth-order valence-electron chi connectivity index (χ4n) is 2.77. The molecule has 0 unspecified atom stereocenters. The molecule has 0 radical (unpaired) electrons. The molecule has 0 bridgehead atoms. The topological polar surface area (TPSA) is 29.3 Å². The lowest BCUT2D eigenvalue weighted by Crippen LogP contribution is -2.44. The first kappa shape index (κ1) is 14.5. The first-order valence-corrected chi connectivity index (χ1v) is 7.40. The van der Waals surface area contributed by atoms with Gasteiger partial charge in [-0.15, -0.1) is 0 Å². The van der Waals surface area contributed by atoms with Crippen molar-refractivity contribution in [3.8, 4) is 0 Å². The SMILES string of the molecule is Cc1cccc(C)c1CN1CCC(C)(C(N)=S)CC1. The molecule has 1 fully saturated rings. The minimum absolute atomic E-state index is 0.0621. The predicted octanol–water partition coefficient (Wildman–Crippen LogP) is 3.19. The standard InChI is InChI=1S/C16H24N2S/c1-12-5-4-6-13(2)14(12)11-18-9-7-16(3,8-10-18)15(17)19/h4-6H,7-11H2,1-3H3,(H2,17,19). The second-order valence-electron chi connectivity index (χ2n) is 6.07. The first-order chi connectivity index (χ1) is 8.92. The lowest BCUT2D eigenvalue weighted by atomic mass is 9.80. The van der Waals surface area contributed by atoms with E-state index in [2.05, 4.69) is 43.9 Å². The molecule has 1 aromatic carbocycles. The van der Waals surface area contributed by atoms with E-state index in [0.717, 1.165) is 32.5 Å². The van der Waals surface area contributed by atoms with Crippen molar-refractivity contribution >= 4 is 17.2 Å². The van der Waals surface area contributed by atoms with Gasteiger partial charge in [-0.1, -0.05) is 37.3 Å². The third-order valence-corrected chi connectivity index (χ3v) is 5.07. The molecule has 1 heterocycles. The molecule has 0 amide bonds. The summed E-state index contributed by atoms with van der Waals surface area (Å²) in [4.78, 5) is 3.20. The van der Waals surface area contributed by atoms with Gasteiger partial charge >= 0.3 is 0 Å². The lowest BCUT2D eigenvalue weighted by molar-refractivity contribution is 0.157. The minimum atomic E-state index is 0.0621. The van der Waals surface area contributed by atoms with Crippen molar-refractivity contribution in [1.82, 2.24) is 4.90 Å². The van der Waals surface area contributed by atoms with Crippen molar-refractivity contribution in [3.05, 3.63) is 34.9 Å². The van der Waals surface area contributed by atoms with Crippen molar-refractivity contribution in [2.45, 2.75) is 40.2 Å². The van der Waals surface area contributed by atoms with Crippen molar-refractivity contribution in [2.75, 3.05) is 13.1 Å². The maximum absolute atomic E-state index is 5.86. The van der Waals surface area contributed by atoms with Crippen molar-refractivity contribution in [1.29, 1.82) is 0 Å². The second-order valence-corrected chi connectivity index (χ2v) is 6.51. The van der Waals surface area contributed by atoms with E-state index in [-0.39, 0.29) is 5.41 Å². The molecule has 1 aliphatic heterocycles. The molecule has 2 rings (SSSR count). The number of nitrogens with zero attached hydrogens (tertiary/aromatic N) is 1. The molecule has 1 aromatic rings. The smallest absolute Gasteiger partial charge is 0.0788 e. The van der Waals surface area contributed by atoms with Gasteiger partial charge < -0.3 is 5.73 Å². The van der Waals surface area contributed by atoms with Crippen LogP contribution >= 0.6 is 12.2 Å². The summed E-state index contributed by atoms with van der Waals surface area (Å²) in [6.45, 7) is 9.82. The molecule has 0 aliphatic carbocycles. The van der Waals surface area contributed by atoms with Crippen LogP contribution in [0.5, 0.6) is 0 Å². The van der Waals surface area contributed by atoms with E-state index in [1.165, 1.54) is 16.7 Å². The first-order valence-electron chi connectivity index (χ1n) is 7.00. The van der Waals surface area contributed by atoms with Gasteiger partial charge in [0.2, 0.25) is 0 Å². The number of hydrogen-bond acceptors (Lipinski definition) is 2. The Morgan fingerprint density at radius 1 is 1.26 bits per heavy atom. The number of aryl methyl sites for hydroxylation is 2. The highest BCUT2D eigenvalue weighted by Crippen LogP contribution is 2.32. The summed E-state index contributed by atoms with van der Waals surface area (Å²) in [5.41, 5.74) is 10.2. The Bertz CT molecular complexity index is 453. The number of benzene rings is 1. The van der Waals surface area contributed by atoms with E-state index < -0.39 is 0 Å². The van der Waals surface area contributed by atoms with Crippen LogP contribution in [-0.2, 0) is 6.54 Å². The van der Waals surface area contributed by atoms with E-state index in [1.807, 2.05) is 0 Å². The lowest BCUT2D eigenvalue weighted by Gasteiger charge is -2.39. The minimum Gasteiger partial charge on any atom is -0.393 e. The summed E-state index contributed by atoms with van der Waals surface area (Å²) in [6, 6.07) is 6.53. The zero-order valence-corrected chi connectivity index (χ0v) is 13.0. The summed E-state index contributed by atoms with van der Waals surface area (Å²) < 4.78 is 0. The molecule has 3 heteroatoms. The van der Waals surface area contributed by atoms with E-state index in [9.17, 15) is 0 Å². The van der Waals surface area contributed by atoms with Gasteiger partial charge in [0.05, 0.1) is 4.99 Å². The summed E-state index contributed by atoms with van der Waals surface area (Å²) in [5.74, 6) is 0. The zero-order chi connectivity index (χ0) is 14.0. The molecule has 0 aromatic heterocycles. The van der Waals surface area contributed by atoms with Crippen LogP contribution in [0.4, 0.5) is 0 Å². The molecular formula is C16H24N2S. The van der Waals surface area contributed by atoms with E-state index >= 15 is 0 Å². The Hall–Kier alpha value is -0.930. The fraction of sp³-hybridized carbons (Fsp3) is 0.562. The maximum Gasteiger partial charge on any atom is 0.0788 e. The highest BCUT2D eigenvalue weighted by atomic mass is 32.1. The van der Waals surface area contributed by atoms with Gasteiger partial charge in [0.15, 0.2) is 0 Å². The molecule has 104 valence electrons. The second kappa shape index (κ2) is 5.59. The molecule has 0 saturated carbocycles. The van der Waals surface area contributed by atoms with Crippen LogP contribution in [0.1, 0.15) is 36.5 Å². The van der Waals surface area contributed by atoms with Gasteiger partial charge in [0.1, 0.15) is 0 Å². The average Bonchev–Trinajstić information content (AvgIpc) is 2.36. The molecule has 1 saturated heterocycles. The van der Waals surface area contributed by atoms with Gasteiger partial charge in [0.25, 0.3) is 0 Å². The van der Waals surface area contributed by atoms with Gasteiger partial charge in [0, 0.05) is 12.0 Å². The van der Waals surface area contributed by atoms with Crippen LogP contribution in [0.15, 0.2) is 18.2 Å². The quantitative estimate of drug-likeness (QED) is 0.860. The van der Waals surface area contributed by atoms with Gasteiger partial charge in [-0.3, -0.25) is 4.90 Å². The normalized spacial score (nSPS) is 19.3. The van der Waals surface area contributed by atoms with E-state index in [1.54, 1.807) is 0 Å². The van der Waals surface area contributed by atoms with Gasteiger partial charge in [-0.2, -0.15) is 0 Å². The zero-order valence-electron chi connectivity index (χ0n) is 12.2. The van der Waals surface area contributed by atoms with Crippen molar-refractivity contribution in [2.24, 2.45) is 11.1 Å². The third kappa shape index (κ3) is 3.15. The molecular weight excluding hydrogens is 252 g/mol. The Morgan fingerprint density at radius 2 is 1.79 bits per heavy atom. The van der Waals surface area contributed by atoms with Gasteiger partial charge in [-0.05, 0) is 56.5 Å². The van der Waals surface area contributed by atoms with Crippen LogP contribution in [0.2, 0.25) is 0 Å². The molecule has 0 atom stereocenters. The van der Waals surface area contributed by atoms with E-state index in [0.29, 0.717) is 4.99 Å².